The molecule has 0 fully saturated rings. The van der Waals surface area contributed by atoms with Crippen molar-refractivity contribution in [2.24, 2.45) is 0 Å². The summed E-state index contributed by atoms with van der Waals surface area (Å²) in [5.41, 5.74) is 2.54. The Morgan fingerprint density at radius 2 is 2.09 bits per heavy atom. The summed E-state index contributed by atoms with van der Waals surface area (Å²) in [4.78, 5) is 15.7. The number of rotatable bonds is 5. The Morgan fingerprint density at radius 3 is 2.55 bits per heavy atom. The Hall–Kier alpha value is -0.610. The summed E-state index contributed by atoms with van der Waals surface area (Å²) in [5.74, 6) is -0.291. The number of hydrogen-bond acceptors (Lipinski definition) is 4. The molecule has 0 aliphatic carbocycles. The van der Waals surface area contributed by atoms with Crippen molar-refractivity contribution >= 4 is 5.97 Å². The minimum absolute atomic E-state index is 0.291. The Bertz CT molecular complexity index is 116. The molecule has 0 aromatic rings. The van der Waals surface area contributed by atoms with E-state index in [1.54, 1.807) is 13.8 Å². The predicted molar refractivity (Wildman–Crippen MR) is 40.9 cm³/mol. The van der Waals surface area contributed by atoms with E-state index >= 15 is 0 Å². The van der Waals surface area contributed by atoms with Crippen LogP contribution in [0.4, 0.5) is 0 Å². The largest absolute Gasteiger partial charge is 0.465 e. The molecule has 1 unspecified atom stereocenters. The van der Waals surface area contributed by atoms with Gasteiger partial charge in [-0.2, -0.15) is 5.48 Å². The Balaban J connectivity index is 3.46. The monoisotopic (exact) mass is 161 g/mol. The molecule has 0 bridgehead atoms. The quantitative estimate of drug-likeness (QED) is 0.470. The van der Waals surface area contributed by atoms with Crippen molar-refractivity contribution < 1.29 is 14.4 Å². The Labute approximate surface area is 66.8 Å². The number of ether oxygens (including phenoxy) is 1. The van der Waals surface area contributed by atoms with E-state index in [0.717, 1.165) is 0 Å². The molecule has 1 atom stereocenters. The highest BCUT2D eigenvalue weighted by molar-refractivity contribution is 5.74. The van der Waals surface area contributed by atoms with E-state index < -0.39 is 6.04 Å². The summed E-state index contributed by atoms with van der Waals surface area (Å²) in [7, 11) is 0. The Kier molecular flexibility index (Phi) is 5.78. The summed E-state index contributed by atoms with van der Waals surface area (Å²) in [6.07, 6.45) is 0. The lowest BCUT2D eigenvalue weighted by Crippen LogP contribution is -2.35. The van der Waals surface area contributed by atoms with Gasteiger partial charge in [-0.1, -0.05) is 0 Å². The molecule has 0 spiro atoms. The lowest BCUT2D eigenvalue weighted by Gasteiger charge is -2.10. The second kappa shape index (κ2) is 6.12. The smallest absolute Gasteiger partial charge is 0.325 e. The number of esters is 1. The van der Waals surface area contributed by atoms with Crippen LogP contribution in [0.1, 0.15) is 20.8 Å². The van der Waals surface area contributed by atoms with E-state index in [2.05, 4.69) is 5.48 Å². The zero-order valence-corrected chi connectivity index (χ0v) is 7.22. The summed E-state index contributed by atoms with van der Waals surface area (Å²) < 4.78 is 4.72. The van der Waals surface area contributed by atoms with Gasteiger partial charge < -0.3 is 9.57 Å². The molecule has 4 nitrogen and oxygen atoms in total. The molecule has 0 aliphatic heterocycles. The van der Waals surface area contributed by atoms with Crippen LogP contribution in [0.15, 0.2) is 0 Å². The first-order valence-corrected chi connectivity index (χ1v) is 3.76. The van der Waals surface area contributed by atoms with E-state index in [1.807, 2.05) is 6.92 Å². The fraction of sp³-hybridized carbons (Fsp3) is 0.857. The molecule has 0 aliphatic rings. The maximum atomic E-state index is 10.9. The van der Waals surface area contributed by atoms with Gasteiger partial charge in [-0.05, 0) is 20.8 Å². The normalized spacial score (nSPS) is 12.6. The molecule has 0 saturated carbocycles. The van der Waals surface area contributed by atoms with Gasteiger partial charge >= 0.3 is 5.97 Å². The predicted octanol–water partition coefficient (Wildman–Crippen LogP) is 0.479. The van der Waals surface area contributed by atoms with Crippen LogP contribution in [-0.2, 0) is 14.4 Å². The number of hydroxylamine groups is 1. The lowest BCUT2D eigenvalue weighted by atomic mass is 10.4. The van der Waals surface area contributed by atoms with Gasteiger partial charge in [-0.3, -0.25) is 4.79 Å². The number of hydrogen-bond donors (Lipinski definition) is 1. The van der Waals surface area contributed by atoms with Crippen LogP contribution in [-0.4, -0.2) is 25.2 Å². The molecular formula is C7H15NO3. The first kappa shape index (κ1) is 10.4. The third-order valence-corrected chi connectivity index (χ3v) is 1.04. The van der Waals surface area contributed by atoms with Crippen LogP contribution < -0.4 is 5.48 Å². The van der Waals surface area contributed by atoms with E-state index in [-0.39, 0.29) is 5.97 Å². The van der Waals surface area contributed by atoms with Crippen molar-refractivity contribution in [1.29, 1.82) is 0 Å². The molecular weight excluding hydrogens is 146 g/mol. The van der Waals surface area contributed by atoms with Gasteiger partial charge in [-0.15, -0.1) is 0 Å². The molecule has 4 heteroatoms. The second-order valence-electron chi connectivity index (χ2n) is 2.02. The summed E-state index contributed by atoms with van der Waals surface area (Å²) in [6.45, 7) is 6.23. The first-order valence-electron chi connectivity index (χ1n) is 3.76. The fourth-order valence-electron chi connectivity index (χ4n) is 0.524. The van der Waals surface area contributed by atoms with Crippen molar-refractivity contribution in [3.05, 3.63) is 0 Å². The van der Waals surface area contributed by atoms with E-state index in [0.29, 0.717) is 13.2 Å². The molecule has 0 amide bonds. The highest BCUT2D eigenvalue weighted by Crippen LogP contribution is 1.87. The zero-order chi connectivity index (χ0) is 8.69. The summed E-state index contributed by atoms with van der Waals surface area (Å²) in [5, 5.41) is 0. The summed E-state index contributed by atoms with van der Waals surface area (Å²) in [6, 6.07) is -0.394. The molecule has 0 aromatic carbocycles. The van der Waals surface area contributed by atoms with Crippen LogP contribution in [0.2, 0.25) is 0 Å². The van der Waals surface area contributed by atoms with E-state index in [1.165, 1.54) is 0 Å². The van der Waals surface area contributed by atoms with Crippen LogP contribution in [0.3, 0.4) is 0 Å². The van der Waals surface area contributed by atoms with E-state index in [9.17, 15) is 4.79 Å². The van der Waals surface area contributed by atoms with E-state index in [4.69, 9.17) is 9.57 Å². The average molecular weight is 161 g/mol. The molecule has 11 heavy (non-hydrogen) atoms. The van der Waals surface area contributed by atoms with Gasteiger partial charge in [-0.25, -0.2) is 0 Å². The van der Waals surface area contributed by atoms with Gasteiger partial charge in [0.25, 0.3) is 0 Å². The van der Waals surface area contributed by atoms with Gasteiger partial charge in [0, 0.05) is 0 Å². The second-order valence-corrected chi connectivity index (χ2v) is 2.02. The number of carbonyl (C=O) groups is 1. The number of carbonyl (C=O) groups excluding carboxylic acids is 1. The molecule has 0 saturated heterocycles. The minimum atomic E-state index is -0.394. The SMILES string of the molecule is CCONC(C)C(=O)OCC. The topological polar surface area (TPSA) is 47.6 Å². The maximum absolute atomic E-state index is 10.9. The van der Waals surface area contributed by atoms with Crippen molar-refractivity contribution in [2.75, 3.05) is 13.2 Å². The molecule has 0 rings (SSSR count). The van der Waals surface area contributed by atoms with Crippen molar-refractivity contribution in [3.63, 3.8) is 0 Å². The number of nitrogens with one attached hydrogen (secondary N) is 1. The highest BCUT2D eigenvalue weighted by Gasteiger charge is 2.12. The molecule has 0 radical (unpaired) electrons. The molecule has 0 heterocycles. The highest BCUT2D eigenvalue weighted by atomic mass is 16.6. The third-order valence-electron chi connectivity index (χ3n) is 1.04. The van der Waals surface area contributed by atoms with Crippen LogP contribution in [0.25, 0.3) is 0 Å². The van der Waals surface area contributed by atoms with Crippen LogP contribution in [0, 0.1) is 0 Å². The summed E-state index contributed by atoms with van der Waals surface area (Å²) >= 11 is 0. The minimum Gasteiger partial charge on any atom is -0.465 e. The third kappa shape index (κ3) is 4.75. The van der Waals surface area contributed by atoms with Gasteiger partial charge in [0.1, 0.15) is 6.04 Å². The Morgan fingerprint density at radius 1 is 1.45 bits per heavy atom. The zero-order valence-electron chi connectivity index (χ0n) is 7.22. The van der Waals surface area contributed by atoms with Gasteiger partial charge in [0.2, 0.25) is 0 Å². The first-order chi connectivity index (χ1) is 5.22. The van der Waals surface area contributed by atoms with Crippen molar-refractivity contribution in [1.82, 2.24) is 5.48 Å². The van der Waals surface area contributed by atoms with Crippen LogP contribution >= 0.6 is 0 Å². The molecule has 0 aromatic heterocycles. The van der Waals surface area contributed by atoms with Crippen molar-refractivity contribution in [2.45, 2.75) is 26.8 Å². The van der Waals surface area contributed by atoms with Gasteiger partial charge in [0.15, 0.2) is 0 Å². The molecule has 1 N–H and O–H groups in total. The standard InChI is InChI=1S/C7H15NO3/c1-4-10-7(9)6(3)8-11-5-2/h6,8H,4-5H2,1-3H3. The molecule has 66 valence electrons. The lowest BCUT2D eigenvalue weighted by molar-refractivity contribution is -0.149. The maximum Gasteiger partial charge on any atom is 0.325 e. The van der Waals surface area contributed by atoms with Gasteiger partial charge in [0.05, 0.1) is 13.2 Å². The fourth-order valence-corrected chi connectivity index (χ4v) is 0.524. The van der Waals surface area contributed by atoms with Crippen molar-refractivity contribution in [3.8, 4) is 0 Å². The average Bonchev–Trinajstić information content (AvgIpc) is 2.00. The van der Waals surface area contributed by atoms with Crippen LogP contribution in [0.5, 0.6) is 0 Å².